The van der Waals surface area contributed by atoms with E-state index >= 15 is 0 Å². The van der Waals surface area contributed by atoms with E-state index in [1.54, 1.807) is 21.0 Å². The van der Waals surface area contributed by atoms with Crippen molar-refractivity contribution in [2.45, 2.75) is 39.0 Å². The van der Waals surface area contributed by atoms with Gasteiger partial charge in [0.05, 0.1) is 25.9 Å². The number of Topliss-reactive ketones (excluding diaryl/α,β-unsaturated/α-hetero) is 1. The van der Waals surface area contributed by atoms with Crippen LogP contribution in [0.5, 0.6) is 5.75 Å². The van der Waals surface area contributed by atoms with Gasteiger partial charge in [-0.2, -0.15) is 11.3 Å². The van der Waals surface area contributed by atoms with Crippen LogP contribution in [-0.4, -0.2) is 38.0 Å². The molecule has 0 saturated carbocycles. The van der Waals surface area contributed by atoms with Gasteiger partial charge < -0.3 is 19.5 Å². The van der Waals surface area contributed by atoms with E-state index in [1.807, 2.05) is 48.0 Å². The van der Waals surface area contributed by atoms with Crippen LogP contribution in [0.1, 0.15) is 50.2 Å². The summed E-state index contributed by atoms with van der Waals surface area (Å²) in [6, 6.07) is 9.30. The molecule has 0 amide bonds. The Balaban J connectivity index is 1.89. The fourth-order valence-corrected chi connectivity index (χ4v) is 5.74. The zero-order valence-electron chi connectivity index (χ0n) is 20.3. The van der Waals surface area contributed by atoms with Crippen molar-refractivity contribution in [3.63, 3.8) is 0 Å². The lowest BCUT2D eigenvalue weighted by Gasteiger charge is -2.39. The van der Waals surface area contributed by atoms with Crippen molar-refractivity contribution in [2.75, 3.05) is 20.3 Å². The standard InChI is InChI=1S/C27H29NO6S/c1-5-33-26(30)21-15(3)28-19-13-18(17-9-7-8-10-20(17)32-4)23(27(31)34-6-2)25(29)24(19)22(21)16-11-12-35-14-16/h7-12,14,18,22-23,28H,5-6,13H2,1-4H3. The number of ketones is 1. The quantitative estimate of drug-likeness (QED) is 0.448. The van der Waals surface area contributed by atoms with Gasteiger partial charge in [0.25, 0.3) is 0 Å². The highest BCUT2D eigenvalue weighted by molar-refractivity contribution is 7.08. The highest BCUT2D eigenvalue weighted by atomic mass is 32.1. The van der Waals surface area contributed by atoms with E-state index in [-0.39, 0.29) is 19.0 Å². The number of para-hydroxylation sites is 1. The summed E-state index contributed by atoms with van der Waals surface area (Å²) in [4.78, 5) is 40.4. The first kappa shape index (κ1) is 24.7. The summed E-state index contributed by atoms with van der Waals surface area (Å²) in [7, 11) is 1.57. The van der Waals surface area contributed by atoms with Gasteiger partial charge in [0.1, 0.15) is 11.7 Å². The van der Waals surface area contributed by atoms with Crippen molar-refractivity contribution in [1.82, 2.24) is 5.32 Å². The van der Waals surface area contributed by atoms with Gasteiger partial charge in [-0.1, -0.05) is 18.2 Å². The predicted octanol–water partition coefficient (Wildman–Crippen LogP) is 4.47. The minimum absolute atomic E-state index is 0.159. The van der Waals surface area contributed by atoms with Crippen LogP contribution in [0.15, 0.2) is 63.6 Å². The number of hydrogen-bond donors (Lipinski definition) is 1. The average Bonchev–Trinajstić information content (AvgIpc) is 3.38. The lowest BCUT2D eigenvalue weighted by atomic mass is 9.67. The molecule has 184 valence electrons. The first-order valence-corrected chi connectivity index (χ1v) is 12.6. The Kier molecular flexibility index (Phi) is 7.40. The molecule has 0 saturated heterocycles. The van der Waals surface area contributed by atoms with E-state index in [0.29, 0.717) is 34.7 Å². The molecule has 3 atom stereocenters. The van der Waals surface area contributed by atoms with Crippen LogP contribution in [0.2, 0.25) is 0 Å². The van der Waals surface area contributed by atoms with Crippen LogP contribution in [0.4, 0.5) is 0 Å². The third-order valence-corrected chi connectivity index (χ3v) is 7.17. The Morgan fingerprint density at radius 1 is 1.11 bits per heavy atom. The molecule has 35 heavy (non-hydrogen) atoms. The van der Waals surface area contributed by atoms with E-state index in [4.69, 9.17) is 14.2 Å². The Labute approximate surface area is 208 Å². The molecule has 1 aliphatic carbocycles. The largest absolute Gasteiger partial charge is 0.496 e. The minimum atomic E-state index is -1.06. The Morgan fingerprint density at radius 2 is 1.86 bits per heavy atom. The Morgan fingerprint density at radius 3 is 2.51 bits per heavy atom. The van der Waals surface area contributed by atoms with Crippen LogP contribution >= 0.6 is 11.3 Å². The van der Waals surface area contributed by atoms with Crippen LogP contribution in [0.3, 0.4) is 0 Å². The third-order valence-electron chi connectivity index (χ3n) is 6.47. The number of rotatable bonds is 7. The number of carbonyl (C=O) groups excluding carboxylic acids is 3. The highest BCUT2D eigenvalue weighted by Gasteiger charge is 2.49. The molecule has 2 aromatic rings. The molecule has 2 heterocycles. The zero-order valence-corrected chi connectivity index (χ0v) is 21.1. The van der Waals surface area contributed by atoms with E-state index in [1.165, 1.54) is 11.3 Å². The smallest absolute Gasteiger partial charge is 0.336 e. The van der Waals surface area contributed by atoms with Gasteiger partial charge in [-0.25, -0.2) is 4.79 Å². The monoisotopic (exact) mass is 495 g/mol. The van der Waals surface area contributed by atoms with Crippen molar-refractivity contribution >= 4 is 29.1 Å². The van der Waals surface area contributed by atoms with Crippen LogP contribution in [0.25, 0.3) is 0 Å². The molecule has 1 N–H and O–H groups in total. The number of methoxy groups -OCH3 is 1. The van der Waals surface area contributed by atoms with Gasteiger partial charge in [0.2, 0.25) is 0 Å². The lowest BCUT2D eigenvalue weighted by molar-refractivity contribution is -0.152. The summed E-state index contributed by atoms with van der Waals surface area (Å²) in [6.07, 6.45) is 0.388. The summed E-state index contributed by atoms with van der Waals surface area (Å²) in [5.41, 5.74) is 3.72. The van der Waals surface area contributed by atoms with Gasteiger partial charge >= 0.3 is 11.9 Å². The van der Waals surface area contributed by atoms with Crippen molar-refractivity contribution < 1.29 is 28.6 Å². The number of dihydropyridines is 1. The van der Waals surface area contributed by atoms with Crippen molar-refractivity contribution in [2.24, 2.45) is 5.92 Å². The SMILES string of the molecule is CCOC(=O)C1=C(C)NC2=C(C(=O)C(C(=O)OCC)C(c3ccccc3OC)C2)C1c1ccsc1. The second-order valence-electron chi connectivity index (χ2n) is 8.41. The number of nitrogens with one attached hydrogen (secondary N) is 1. The van der Waals surface area contributed by atoms with Crippen LogP contribution < -0.4 is 10.1 Å². The first-order valence-electron chi connectivity index (χ1n) is 11.7. The molecule has 1 aliphatic heterocycles. The summed E-state index contributed by atoms with van der Waals surface area (Å²) < 4.78 is 16.3. The molecule has 1 aromatic carbocycles. The maximum atomic E-state index is 14.2. The molecule has 3 unspecified atom stereocenters. The number of thiophene rings is 1. The molecule has 0 radical (unpaired) electrons. The van der Waals surface area contributed by atoms with Gasteiger partial charge in [0, 0.05) is 28.8 Å². The second kappa shape index (κ2) is 10.5. The van der Waals surface area contributed by atoms with Gasteiger partial charge in [-0.15, -0.1) is 0 Å². The topological polar surface area (TPSA) is 90.9 Å². The van der Waals surface area contributed by atoms with Gasteiger partial charge in [-0.3, -0.25) is 9.59 Å². The minimum Gasteiger partial charge on any atom is -0.496 e. The maximum Gasteiger partial charge on any atom is 0.336 e. The molecule has 0 fully saturated rings. The fraction of sp³-hybridized carbons (Fsp3) is 0.370. The molecule has 1 aromatic heterocycles. The normalized spacial score (nSPS) is 21.8. The number of hydrogen-bond acceptors (Lipinski definition) is 8. The zero-order chi connectivity index (χ0) is 25.1. The van der Waals surface area contributed by atoms with Crippen molar-refractivity contribution in [3.8, 4) is 5.75 Å². The summed E-state index contributed by atoms with van der Waals surface area (Å²) in [5.74, 6) is -2.97. The molecule has 2 aliphatic rings. The fourth-order valence-electron chi connectivity index (χ4n) is 5.05. The Bertz CT molecular complexity index is 1200. The molecular formula is C27H29NO6S. The molecule has 0 spiro atoms. The number of benzene rings is 1. The maximum absolute atomic E-state index is 14.2. The van der Waals surface area contributed by atoms with Gasteiger partial charge in [0.15, 0.2) is 5.78 Å². The summed E-state index contributed by atoms with van der Waals surface area (Å²) in [6.45, 7) is 5.65. The number of carbonyl (C=O) groups is 3. The van der Waals surface area contributed by atoms with Crippen LogP contribution in [0, 0.1) is 5.92 Å². The summed E-state index contributed by atoms with van der Waals surface area (Å²) >= 11 is 1.48. The molecule has 7 nitrogen and oxygen atoms in total. The number of ether oxygens (including phenoxy) is 3. The first-order chi connectivity index (χ1) is 16.9. The number of allylic oxidation sites excluding steroid dienone is 3. The molecule has 4 rings (SSSR count). The second-order valence-corrected chi connectivity index (χ2v) is 9.19. The average molecular weight is 496 g/mol. The number of esters is 2. The lowest BCUT2D eigenvalue weighted by Crippen LogP contribution is -2.43. The van der Waals surface area contributed by atoms with E-state index in [0.717, 1.165) is 11.1 Å². The highest BCUT2D eigenvalue weighted by Crippen LogP contribution is 2.49. The van der Waals surface area contributed by atoms with Gasteiger partial charge in [-0.05, 0) is 61.2 Å². The molecular weight excluding hydrogens is 466 g/mol. The molecule has 0 bridgehead atoms. The van der Waals surface area contributed by atoms with E-state index < -0.39 is 29.7 Å². The third kappa shape index (κ3) is 4.50. The van der Waals surface area contributed by atoms with Crippen LogP contribution in [-0.2, 0) is 23.9 Å². The Hall–Kier alpha value is -3.39. The van der Waals surface area contributed by atoms with E-state index in [2.05, 4.69) is 5.32 Å². The predicted molar refractivity (Wildman–Crippen MR) is 132 cm³/mol. The van der Waals surface area contributed by atoms with Crippen molar-refractivity contribution in [3.05, 3.63) is 74.8 Å². The molecule has 8 heteroatoms. The van der Waals surface area contributed by atoms with E-state index in [9.17, 15) is 14.4 Å². The summed E-state index contributed by atoms with van der Waals surface area (Å²) in [5, 5.41) is 7.14. The van der Waals surface area contributed by atoms with Crippen molar-refractivity contribution in [1.29, 1.82) is 0 Å².